The first-order valence-corrected chi connectivity index (χ1v) is 9.31. The molecule has 2 fully saturated rings. The van der Waals surface area contributed by atoms with Crippen LogP contribution in [0.5, 0.6) is 11.5 Å². The monoisotopic (exact) mass is 362 g/mol. The van der Waals surface area contributed by atoms with Gasteiger partial charge in [0, 0.05) is 32.6 Å². The lowest BCUT2D eigenvalue weighted by Gasteiger charge is -2.49. The first-order valence-electron chi connectivity index (χ1n) is 9.31. The Balaban J connectivity index is 1.63. The number of carbonyl (C=O) groups excluding carboxylic acids is 1. The molecule has 0 aliphatic carbocycles. The molecule has 0 radical (unpaired) electrons. The number of aliphatic hydroxyl groups is 1. The maximum atomic E-state index is 11.8. The average molecular weight is 362 g/mol. The van der Waals surface area contributed by atoms with E-state index in [4.69, 9.17) is 9.47 Å². The van der Waals surface area contributed by atoms with E-state index >= 15 is 0 Å². The number of likely N-dealkylation sites (tertiary alicyclic amines) is 2. The standard InChI is InChI=1S/C20H30N2O4/c1-15(23)22-13-17(24)11-20(14-22)4-6-21(7-5-20)12-16-8-18(25-2)10-19(9-16)26-3/h8-10,17,24H,4-7,11-14H2,1-3H3. The smallest absolute Gasteiger partial charge is 0.219 e. The van der Waals surface area contributed by atoms with Gasteiger partial charge in [-0.3, -0.25) is 9.69 Å². The summed E-state index contributed by atoms with van der Waals surface area (Å²) in [6, 6.07) is 5.98. The minimum absolute atomic E-state index is 0.0614. The molecule has 6 heteroatoms. The number of nitrogens with zero attached hydrogens (tertiary/aromatic N) is 2. The van der Waals surface area contributed by atoms with Crippen LogP contribution >= 0.6 is 0 Å². The third-order valence-corrected chi connectivity index (χ3v) is 5.81. The summed E-state index contributed by atoms with van der Waals surface area (Å²) in [6.45, 7) is 5.64. The van der Waals surface area contributed by atoms with E-state index in [1.807, 2.05) is 11.0 Å². The number of carbonyl (C=O) groups is 1. The Morgan fingerprint density at radius 3 is 2.35 bits per heavy atom. The fourth-order valence-electron chi connectivity index (χ4n) is 4.36. The zero-order valence-electron chi connectivity index (χ0n) is 16.0. The number of benzene rings is 1. The van der Waals surface area contributed by atoms with Crippen molar-refractivity contribution < 1.29 is 19.4 Å². The predicted molar refractivity (Wildman–Crippen MR) is 99.4 cm³/mol. The van der Waals surface area contributed by atoms with E-state index in [0.717, 1.165) is 56.9 Å². The number of piperidine rings is 2. The van der Waals surface area contributed by atoms with Gasteiger partial charge in [0.1, 0.15) is 11.5 Å². The normalized spacial score (nSPS) is 23.1. The molecule has 1 unspecified atom stereocenters. The molecule has 144 valence electrons. The third kappa shape index (κ3) is 4.30. The van der Waals surface area contributed by atoms with Crippen molar-refractivity contribution >= 4 is 5.91 Å². The molecule has 1 amide bonds. The Kier molecular flexibility index (Phi) is 5.73. The summed E-state index contributed by atoms with van der Waals surface area (Å²) >= 11 is 0. The van der Waals surface area contributed by atoms with Gasteiger partial charge in [-0.05, 0) is 55.5 Å². The van der Waals surface area contributed by atoms with Crippen LogP contribution in [0.2, 0.25) is 0 Å². The number of hydrogen-bond donors (Lipinski definition) is 1. The quantitative estimate of drug-likeness (QED) is 0.886. The van der Waals surface area contributed by atoms with E-state index in [1.165, 1.54) is 5.56 Å². The Hall–Kier alpha value is -1.79. The van der Waals surface area contributed by atoms with E-state index in [0.29, 0.717) is 6.54 Å². The third-order valence-electron chi connectivity index (χ3n) is 5.81. The molecule has 2 aliphatic rings. The molecule has 1 atom stereocenters. The highest BCUT2D eigenvalue weighted by Gasteiger charge is 2.42. The van der Waals surface area contributed by atoms with Gasteiger partial charge in [0.25, 0.3) is 0 Å². The summed E-state index contributed by atoms with van der Waals surface area (Å²) in [7, 11) is 3.33. The number of amides is 1. The molecule has 0 aromatic heterocycles. The fraction of sp³-hybridized carbons (Fsp3) is 0.650. The van der Waals surface area contributed by atoms with Gasteiger partial charge in [-0.1, -0.05) is 0 Å². The first kappa shape index (κ1) is 19.0. The van der Waals surface area contributed by atoms with Crippen LogP contribution in [0.1, 0.15) is 31.7 Å². The van der Waals surface area contributed by atoms with Crippen molar-refractivity contribution in [2.24, 2.45) is 5.41 Å². The highest BCUT2D eigenvalue weighted by molar-refractivity contribution is 5.73. The minimum atomic E-state index is -0.401. The molecule has 0 bridgehead atoms. The van der Waals surface area contributed by atoms with Crippen LogP contribution < -0.4 is 9.47 Å². The highest BCUT2D eigenvalue weighted by Crippen LogP contribution is 2.40. The van der Waals surface area contributed by atoms with E-state index in [2.05, 4.69) is 17.0 Å². The lowest BCUT2D eigenvalue weighted by molar-refractivity contribution is -0.138. The largest absolute Gasteiger partial charge is 0.497 e. The van der Waals surface area contributed by atoms with Gasteiger partial charge in [-0.2, -0.15) is 0 Å². The Bertz CT molecular complexity index is 618. The maximum Gasteiger partial charge on any atom is 0.219 e. The van der Waals surface area contributed by atoms with Gasteiger partial charge >= 0.3 is 0 Å². The van der Waals surface area contributed by atoms with Crippen LogP contribution in [0.25, 0.3) is 0 Å². The van der Waals surface area contributed by atoms with Crippen molar-refractivity contribution in [3.8, 4) is 11.5 Å². The summed E-state index contributed by atoms with van der Waals surface area (Å²) in [5, 5.41) is 10.2. The van der Waals surface area contributed by atoms with Crippen molar-refractivity contribution in [1.29, 1.82) is 0 Å². The second-order valence-electron chi connectivity index (χ2n) is 7.75. The molecular formula is C20H30N2O4. The van der Waals surface area contributed by atoms with E-state index in [9.17, 15) is 9.90 Å². The van der Waals surface area contributed by atoms with Crippen LogP contribution in [0.15, 0.2) is 18.2 Å². The maximum absolute atomic E-state index is 11.8. The van der Waals surface area contributed by atoms with Gasteiger partial charge in [-0.15, -0.1) is 0 Å². The topological polar surface area (TPSA) is 62.2 Å². The molecule has 1 aromatic carbocycles. The summed E-state index contributed by atoms with van der Waals surface area (Å²) in [6.07, 6.45) is 2.42. The van der Waals surface area contributed by atoms with Crippen LogP contribution in [0.3, 0.4) is 0 Å². The van der Waals surface area contributed by atoms with Gasteiger partial charge < -0.3 is 19.5 Å². The van der Waals surface area contributed by atoms with Gasteiger partial charge in [0.05, 0.1) is 20.3 Å². The lowest BCUT2D eigenvalue weighted by atomic mass is 9.71. The number of ether oxygens (including phenoxy) is 2. The van der Waals surface area contributed by atoms with Crippen molar-refractivity contribution in [1.82, 2.24) is 9.80 Å². The van der Waals surface area contributed by atoms with Crippen LogP contribution in [0, 0.1) is 5.41 Å². The molecule has 0 saturated carbocycles. The summed E-state index contributed by atoms with van der Waals surface area (Å²) in [5.41, 5.74) is 1.23. The van der Waals surface area contributed by atoms with E-state index in [1.54, 1.807) is 21.1 Å². The molecule has 2 saturated heterocycles. The molecule has 1 spiro atoms. The van der Waals surface area contributed by atoms with Crippen LogP contribution in [-0.4, -0.2) is 67.3 Å². The molecule has 3 rings (SSSR count). The summed E-state index contributed by atoms with van der Waals surface area (Å²) in [4.78, 5) is 16.0. The zero-order valence-corrected chi connectivity index (χ0v) is 16.0. The number of rotatable bonds is 4. The molecule has 2 aliphatic heterocycles. The van der Waals surface area contributed by atoms with Gasteiger partial charge in [-0.25, -0.2) is 0 Å². The Morgan fingerprint density at radius 1 is 1.19 bits per heavy atom. The van der Waals surface area contributed by atoms with E-state index < -0.39 is 6.10 Å². The molecular weight excluding hydrogens is 332 g/mol. The molecule has 6 nitrogen and oxygen atoms in total. The van der Waals surface area contributed by atoms with Crippen molar-refractivity contribution in [3.05, 3.63) is 23.8 Å². The number of β-amino-alcohol motifs (C(OH)–C–C–N with tert-alkyl or cyclic N) is 1. The lowest BCUT2D eigenvalue weighted by Crippen LogP contribution is -2.54. The average Bonchev–Trinajstić information content (AvgIpc) is 2.63. The molecule has 1 aromatic rings. The zero-order chi connectivity index (χ0) is 18.7. The van der Waals surface area contributed by atoms with Crippen LogP contribution in [0.4, 0.5) is 0 Å². The summed E-state index contributed by atoms with van der Waals surface area (Å²) < 4.78 is 10.7. The number of methoxy groups -OCH3 is 2. The second kappa shape index (κ2) is 7.84. The molecule has 26 heavy (non-hydrogen) atoms. The molecule has 2 heterocycles. The van der Waals surface area contributed by atoms with Crippen molar-refractivity contribution in [3.63, 3.8) is 0 Å². The van der Waals surface area contributed by atoms with Gasteiger partial charge in [0.15, 0.2) is 0 Å². The first-order chi connectivity index (χ1) is 12.4. The van der Waals surface area contributed by atoms with Gasteiger partial charge in [0.2, 0.25) is 5.91 Å². The Morgan fingerprint density at radius 2 is 1.81 bits per heavy atom. The second-order valence-corrected chi connectivity index (χ2v) is 7.75. The molecule has 1 N–H and O–H groups in total. The van der Waals surface area contributed by atoms with Crippen LogP contribution in [-0.2, 0) is 11.3 Å². The number of hydrogen-bond acceptors (Lipinski definition) is 5. The Labute approximate surface area is 155 Å². The van der Waals surface area contributed by atoms with Crippen molar-refractivity contribution in [2.75, 3.05) is 40.4 Å². The predicted octanol–water partition coefficient (Wildman–Crippen LogP) is 1.90. The van der Waals surface area contributed by atoms with Crippen molar-refractivity contribution in [2.45, 2.75) is 38.8 Å². The highest BCUT2D eigenvalue weighted by atomic mass is 16.5. The fourth-order valence-corrected chi connectivity index (χ4v) is 4.36. The number of aliphatic hydroxyl groups excluding tert-OH is 1. The minimum Gasteiger partial charge on any atom is -0.497 e. The summed E-state index contributed by atoms with van der Waals surface area (Å²) in [5.74, 6) is 1.68. The van der Waals surface area contributed by atoms with E-state index in [-0.39, 0.29) is 11.3 Å². The SMILES string of the molecule is COc1cc(CN2CCC3(CC2)CC(O)CN(C(C)=O)C3)cc(OC)c1.